The van der Waals surface area contributed by atoms with Gasteiger partial charge in [0, 0.05) is 11.8 Å². The quantitative estimate of drug-likeness (QED) is 0.441. The molecule has 32 heavy (non-hydrogen) atoms. The third kappa shape index (κ3) is 5.59. The summed E-state index contributed by atoms with van der Waals surface area (Å²) in [7, 11) is -5.42. The van der Waals surface area contributed by atoms with Crippen LogP contribution in [-0.4, -0.2) is 41.6 Å². The first-order valence-corrected chi connectivity index (χ1v) is 12.2. The Labute approximate surface area is 189 Å². The second kappa shape index (κ2) is 9.75. The molecule has 13 heteroatoms. The fourth-order valence-electron chi connectivity index (χ4n) is 2.76. The van der Waals surface area contributed by atoms with Crippen LogP contribution in [-0.2, 0) is 38.8 Å². The lowest BCUT2D eigenvalue weighted by Gasteiger charge is -2.08. The summed E-state index contributed by atoms with van der Waals surface area (Å²) in [5, 5.41) is 11.8. The minimum atomic E-state index is -5.42. The van der Waals surface area contributed by atoms with Gasteiger partial charge in [0.25, 0.3) is 9.84 Å². The molecule has 0 bridgehead atoms. The van der Waals surface area contributed by atoms with Crippen molar-refractivity contribution >= 4 is 38.3 Å². The Morgan fingerprint density at radius 1 is 1.12 bits per heavy atom. The van der Waals surface area contributed by atoms with Gasteiger partial charge in [-0.2, -0.15) is 13.2 Å². The Morgan fingerprint density at radius 2 is 1.81 bits per heavy atom. The van der Waals surface area contributed by atoms with Crippen molar-refractivity contribution in [1.29, 1.82) is 0 Å². The summed E-state index contributed by atoms with van der Waals surface area (Å²) in [5.41, 5.74) is -3.55. The number of aryl methyl sites for hydroxylation is 1. The number of ether oxygens (including phenoxy) is 1. The highest BCUT2D eigenvalue weighted by Gasteiger charge is 2.46. The van der Waals surface area contributed by atoms with Gasteiger partial charge < -0.3 is 9.84 Å². The number of Topliss-reactive ketones (excluding diaryl/α,β-unsaturated/α-hetero) is 1. The number of carbonyl (C=O) groups is 1. The summed E-state index contributed by atoms with van der Waals surface area (Å²) in [6.07, 6.45) is -0.0326. The average molecular weight is 507 g/mol. The van der Waals surface area contributed by atoms with Crippen LogP contribution in [0.4, 0.5) is 13.2 Å². The number of hydrogen-bond acceptors (Lipinski definition) is 9. The smallest absolute Gasteiger partial charge is 0.371 e. The molecule has 0 aliphatic rings. The predicted octanol–water partition coefficient (Wildman–Crippen LogP) is 3.69. The van der Waals surface area contributed by atoms with E-state index in [4.69, 9.17) is 9.84 Å². The molecule has 0 fully saturated rings. The molecular formula is C19H17F3N2O5S3. The first kappa shape index (κ1) is 24.5. The van der Waals surface area contributed by atoms with Crippen molar-refractivity contribution in [3.63, 3.8) is 0 Å². The van der Waals surface area contributed by atoms with Crippen molar-refractivity contribution in [1.82, 2.24) is 9.97 Å². The van der Waals surface area contributed by atoms with Gasteiger partial charge in [-0.3, -0.25) is 4.79 Å². The van der Waals surface area contributed by atoms with Gasteiger partial charge in [-0.25, -0.2) is 18.4 Å². The number of rotatable bonds is 9. The Kier molecular flexibility index (Phi) is 7.45. The first-order chi connectivity index (χ1) is 15.0. The van der Waals surface area contributed by atoms with Crippen molar-refractivity contribution in [3.05, 3.63) is 50.9 Å². The SMILES string of the molecule is Cc1nc(COCO)sc1-c1csc(CC(=O)Cc2ccc(S(=O)(=O)C(F)(F)F)cc2)n1. The first-order valence-electron chi connectivity index (χ1n) is 9.03. The minimum absolute atomic E-state index is 0.0333. The van der Waals surface area contributed by atoms with Crippen LogP contribution in [0.25, 0.3) is 10.6 Å². The van der Waals surface area contributed by atoms with Crippen molar-refractivity contribution in [3.8, 4) is 10.6 Å². The van der Waals surface area contributed by atoms with Crippen LogP contribution < -0.4 is 0 Å². The number of benzene rings is 1. The molecule has 0 atom stereocenters. The summed E-state index contributed by atoms with van der Waals surface area (Å²) in [6.45, 7) is 1.60. The molecule has 3 aromatic rings. The summed E-state index contributed by atoms with van der Waals surface area (Å²) in [6, 6.07) is 4.08. The molecule has 0 amide bonds. The highest BCUT2D eigenvalue weighted by molar-refractivity contribution is 7.92. The predicted molar refractivity (Wildman–Crippen MR) is 112 cm³/mol. The van der Waals surface area contributed by atoms with E-state index in [-0.39, 0.29) is 25.2 Å². The Bertz CT molecular complexity index is 1200. The number of nitrogens with zero attached hydrogens (tertiary/aromatic N) is 2. The molecule has 0 saturated heterocycles. The van der Waals surface area contributed by atoms with Crippen LogP contribution >= 0.6 is 22.7 Å². The number of alkyl halides is 3. The maximum absolute atomic E-state index is 12.6. The van der Waals surface area contributed by atoms with Gasteiger partial charge in [0.2, 0.25) is 0 Å². The standard InChI is InChI=1S/C19H17F3N2O5S3/c1-11-18(31-17(23-11)8-29-10-25)15-9-30-16(24-15)7-13(26)6-12-2-4-14(5-3-12)32(27,28)19(20,21)22/h2-5,9,25H,6-8,10H2,1H3. The van der Waals surface area contributed by atoms with Crippen LogP contribution in [0.5, 0.6) is 0 Å². The Hall–Kier alpha value is -2.19. The second-order valence-electron chi connectivity index (χ2n) is 6.61. The average Bonchev–Trinajstić information content (AvgIpc) is 3.32. The van der Waals surface area contributed by atoms with E-state index < -0.39 is 27.0 Å². The highest BCUT2D eigenvalue weighted by Crippen LogP contribution is 2.32. The van der Waals surface area contributed by atoms with E-state index in [0.717, 1.165) is 22.7 Å². The number of halogens is 3. The molecule has 1 N–H and O–H groups in total. The number of aliphatic hydroxyl groups is 1. The van der Waals surface area contributed by atoms with Crippen LogP contribution in [0, 0.1) is 6.92 Å². The maximum atomic E-state index is 12.6. The van der Waals surface area contributed by atoms with Crippen LogP contribution in [0.2, 0.25) is 0 Å². The Balaban J connectivity index is 1.64. The third-order valence-electron chi connectivity index (χ3n) is 4.23. The number of aliphatic hydroxyl groups excluding tert-OH is 1. The van der Waals surface area contributed by atoms with Gasteiger partial charge in [0.1, 0.15) is 29.2 Å². The van der Waals surface area contributed by atoms with E-state index in [1.807, 2.05) is 6.92 Å². The molecular weight excluding hydrogens is 489 g/mol. The van der Waals surface area contributed by atoms with E-state index >= 15 is 0 Å². The number of aromatic nitrogens is 2. The summed E-state index contributed by atoms with van der Waals surface area (Å²) in [5.74, 6) is -0.213. The van der Waals surface area contributed by atoms with Gasteiger partial charge in [-0.05, 0) is 24.6 Å². The van der Waals surface area contributed by atoms with Crippen molar-refractivity contribution in [2.45, 2.75) is 36.8 Å². The van der Waals surface area contributed by atoms with Gasteiger partial charge in [0.15, 0.2) is 0 Å². The maximum Gasteiger partial charge on any atom is 0.501 e. The topological polar surface area (TPSA) is 106 Å². The monoisotopic (exact) mass is 506 g/mol. The zero-order valence-corrected chi connectivity index (χ0v) is 19.0. The van der Waals surface area contributed by atoms with Gasteiger partial charge in [-0.15, -0.1) is 22.7 Å². The zero-order chi connectivity index (χ0) is 23.5. The van der Waals surface area contributed by atoms with E-state index in [0.29, 0.717) is 21.3 Å². The lowest BCUT2D eigenvalue weighted by atomic mass is 10.1. The number of ketones is 1. The number of thiazole rings is 2. The van der Waals surface area contributed by atoms with Gasteiger partial charge in [-0.1, -0.05) is 12.1 Å². The fraction of sp³-hybridized carbons (Fsp3) is 0.316. The van der Waals surface area contributed by atoms with E-state index in [9.17, 15) is 26.4 Å². The van der Waals surface area contributed by atoms with Gasteiger partial charge in [0.05, 0.1) is 27.6 Å². The molecule has 0 saturated carbocycles. The summed E-state index contributed by atoms with van der Waals surface area (Å²) < 4.78 is 65.6. The fourth-order valence-corrected chi connectivity index (χ4v) is 5.37. The molecule has 1 aromatic carbocycles. The lowest BCUT2D eigenvalue weighted by molar-refractivity contribution is -0.117. The highest BCUT2D eigenvalue weighted by atomic mass is 32.2. The summed E-state index contributed by atoms with van der Waals surface area (Å²) >= 11 is 2.67. The normalized spacial score (nSPS) is 12.3. The molecule has 3 rings (SSSR count). The van der Waals surface area contributed by atoms with Gasteiger partial charge >= 0.3 is 5.51 Å². The van der Waals surface area contributed by atoms with Crippen molar-refractivity contribution in [2.24, 2.45) is 0 Å². The van der Waals surface area contributed by atoms with Crippen LogP contribution in [0.15, 0.2) is 34.5 Å². The summed E-state index contributed by atoms with van der Waals surface area (Å²) in [4.78, 5) is 21.2. The van der Waals surface area contributed by atoms with E-state index in [2.05, 4.69) is 9.97 Å². The molecule has 0 radical (unpaired) electrons. The minimum Gasteiger partial charge on any atom is -0.371 e. The van der Waals surface area contributed by atoms with Crippen molar-refractivity contribution in [2.75, 3.05) is 6.79 Å². The largest absolute Gasteiger partial charge is 0.501 e. The van der Waals surface area contributed by atoms with Crippen molar-refractivity contribution < 1.29 is 36.2 Å². The van der Waals surface area contributed by atoms with E-state index in [1.165, 1.54) is 34.8 Å². The molecule has 0 aliphatic carbocycles. The molecule has 7 nitrogen and oxygen atoms in total. The number of sulfone groups is 1. The molecule has 172 valence electrons. The van der Waals surface area contributed by atoms with Crippen LogP contribution in [0.1, 0.15) is 21.3 Å². The molecule has 0 spiro atoms. The zero-order valence-electron chi connectivity index (χ0n) is 16.5. The molecule has 2 aromatic heterocycles. The lowest BCUT2D eigenvalue weighted by Crippen LogP contribution is -2.23. The number of carbonyl (C=O) groups excluding carboxylic acids is 1. The van der Waals surface area contributed by atoms with E-state index in [1.54, 1.807) is 5.38 Å². The third-order valence-corrected chi connectivity index (χ3v) is 7.73. The van der Waals surface area contributed by atoms with Crippen LogP contribution in [0.3, 0.4) is 0 Å². The molecule has 2 heterocycles. The molecule has 0 unspecified atom stereocenters. The molecule has 0 aliphatic heterocycles. The second-order valence-corrected chi connectivity index (χ2v) is 10.6. The number of hydrogen-bond donors (Lipinski definition) is 1. The Morgan fingerprint density at radius 3 is 2.44 bits per heavy atom.